The molecule has 0 saturated carbocycles. The first-order chi connectivity index (χ1) is 9.06. The van der Waals surface area contributed by atoms with Gasteiger partial charge < -0.3 is 10.1 Å². The van der Waals surface area contributed by atoms with Crippen LogP contribution in [0.4, 0.5) is 0 Å². The van der Waals surface area contributed by atoms with E-state index in [1.807, 2.05) is 37.3 Å². The van der Waals surface area contributed by atoms with Gasteiger partial charge in [-0.2, -0.15) is 0 Å². The predicted octanol–water partition coefficient (Wildman–Crippen LogP) is 4.56. The second kappa shape index (κ2) is 4.40. The lowest BCUT2D eigenvalue weighted by molar-refractivity contribution is 0.0698. The van der Waals surface area contributed by atoms with Gasteiger partial charge in [0.05, 0.1) is 15.8 Å². The minimum absolute atomic E-state index is 0.361. The topological polar surface area (TPSA) is 53.1 Å². The Morgan fingerprint density at radius 3 is 2.63 bits per heavy atom. The summed E-state index contributed by atoms with van der Waals surface area (Å²) < 4.78 is 0.958. The molecule has 3 rings (SSSR count). The molecule has 5 heteroatoms. The molecule has 0 amide bonds. The number of carbonyl (C=O) groups is 1. The molecule has 3 aromatic rings. The van der Waals surface area contributed by atoms with E-state index in [9.17, 15) is 9.90 Å². The van der Waals surface area contributed by atoms with Crippen molar-refractivity contribution < 1.29 is 9.90 Å². The van der Waals surface area contributed by atoms with Crippen molar-refractivity contribution in [2.45, 2.75) is 6.92 Å². The van der Waals surface area contributed by atoms with Gasteiger partial charge in [-0.3, -0.25) is 0 Å². The van der Waals surface area contributed by atoms with Gasteiger partial charge in [0.1, 0.15) is 0 Å². The van der Waals surface area contributed by atoms with Crippen molar-refractivity contribution in [1.29, 1.82) is 0 Å². The summed E-state index contributed by atoms with van der Waals surface area (Å²) in [4.78, 5) is 15.3. The molecule has 0 unspecified atom stereocenters. The molecule has 0 spiro atoms. The Morgan fingerprint density at radius 2 is 2.00 bits per heavy atom. The number of aromatic carboxylic acids is 1. The van der Waals surface area contributed by atoms with Crippen LogP contribution in [0.2, 0.25) is 5.02 Å². The lowest BCUT2D eigenvalue weighted by atomic mass is 10.2. The van der Waals surface area contributed by atoms with Crippen LogP contribution in [0, 0.1) is 6.92 Å². The van der Waals surface area contributed by atoms with E-state index in [1.165, 1.54) is 11.3 Å². The number of benzene rings is 1. The van der Waals surface area contributed by atoms with Crippen LogP contribution in [0.5, 0.6) is 0 Å². The van der Waals surface area contributed by atoms with Crippen LogP contribution in [0.1, 0.15) is 15.2 Å². The van der Waals surface area contributed by atoms with Crippen LogP contribution < -0.4 is 0 Å². The molecule has 0 aliphatic rings. The summed E-state index contributed by atoms with van der Waals surface area (Å²) in [6, 6.07) is 9.42. The van der Waals surface area contributed by atoms with Crippen molar-refractivity contribution >= 4 is 39.1 Å². The molecule has 19 heavy (non-hydrogen) atoms. The van der Waals surface area contributed by atoms with Gasteiger partial charge in [0.2, 0.25) is 0 Å². The van der Waals surface area contributed by atoms with Gasteiger partial charge in [0.25, 0.3) is 0 Å². The second-order valence-electron chi connectivity index (χ2n) is 4.27. The highest BCUT2D eigenvalue weighted by molar-refractivity contribution is 7.19. The van der Waals surface area contributed by atoms with Gasteiger partial charge in [0, 0.05) is 15.6 Å². The van der Waals surface area contributed by atoms with Gasteiger partial charge in [-0.05, 0) is 30.7 Å². The fourth-order valence-electron chi connectivity index (χ4n) is 2.14. The Kier molecular flexibility index (Phi) is 2.84. The molecule has 0 atom stereocenters. The Bertz CT molecular complexity index is 771. The van der Waals surface area contributed by atoms with E-state index in [2.05, 4.69) is 4.98 Å². The van der Waals surface area contributed by atoms with E-state index in [-0.39, 0.29) is 0 Å². The Labute approximate surface area is 118 Å². The molecule has 0 bridgehead atoms. The summed E-state index contributed by atoms with van der Waals surface area (Å²) in [6.45, 7) is 1.82. The quantitative estimate of drug-likeness (QED) is 0.727. The lowest BCUT2D eigenvalue weighted by Gasteiger charge is -1.98. The predicted molar refractivity (Wildman–Crippen MR) is 78.3 cm³/mol. The number of rotatable bonds is 2. The van der Waals surface area contributed by atoms with Gasteiger partial charge in [-0.25, -0.2) is 4.79 Å². The monoisotopic (exact) mass is 291 g/mol. The standard InChI is InChI=1S/C14H10ClNO2S/c1-7-12(14(17)18)13-11(19-7)6-10(16-13)8-2-4-9(15)5-3-8/h2-6,16H,1H3,(H,17,18). The number of aromatic amines is 1. The second-order valence-corrected chi connectivity index (χ2v) is 5.96. The molecule has 0 aliphatic carbocycles. The third-order valence-corrected chi connectivity index (χ3v) is 4.32. The van der Waals surface area contributed by atoms with Crippen molar-refractivity contribution in [3.63, 3.8) is 0 Å². The zero-order chi connectivity index (χ0) is 13.6. The van der Waals surface area contributed by atoms with Crippen LogP contribution in [-0.2, 0) is 0 Å². The first-order valence-electron chi connectivity index (χ1n) is 5.67. The van der Waals surface area contributed by atoms with Gasteiger partial charge >= 0.3 is 5.97 Å². The largest absolute Gasteiger partial charge is 0.478 e. The van der Waals surface area contributed by atoms with Crippen molar-refractivity contribution in [1.82, 2.24) is 4.98 Å². The number of carboxylic acids is 1. The van der Waals surface area contributed by atoms with E-state index in [0.717, 1.165) is 20.8 Å². The Morgan fingerprint density at radius 1 is 1.32 bits per heavy atom. The number of carboxylic acid groups (broad SMARTS) is 1. The van der Waals surface area contributed by atoms with E-state index in [4.69, 9.17) is 11.6 Å². The molecule has 96 valence electrons. The number of nitrogens with one attached hydrogen (secondary N) is 1. The smallest absolute Gasteiger partial charge is 0.338 e. The summed E-state index contributed by atoms with van der Waals surface area (Å²) in [5.41, 5.74) is 2.95. The average molecular weight is 292 g/mol. The summed E-state index contributed by atoms with van der Waals surface area (Å²) in [7, 11) is 0. The number of thiophene rings is 1. The maximum Gasteiger partial charge on any atom is 0.338 e. The number of aromatic nitrogens is 1. The lowest BCUT2D eigenvalue weighted by Crippen LogP contribution is -1.96. The molecule has 0 fully saturated rings. The molecular weight excluding hydrogens is 282 g/mol. The van der Waals surface area contributed by atoms with Crippen molar-refractivity contribution in [2.75, 3.05) is 0 Å². The minimum atomic E-state index is -0.895. The van der Waals surface area contributed by atoms with Crippen molar-refractivity contribution in [3.05, 3.63) is 45.8 Å². The van der Waals surface area contributed by atoms with Crippen LogP contribution in [0.25, 0.3) is 21.5 Å². The number of halogens is 1. The Hall–Kier alpha value is -1.78. The highest BCUT2D eigenvalue weighted by Gasteiger charge is 2.18. The summed E-state index contributed by atoms with van der Waals surface area (Å²) in [5.74, 6) is -0.895. The third-order valence-electron chi connectivity index (χ3n) is 3.02. The normalized spacial score (nSPS) is 11.1. The number of H-pyrrole nitrogens is 1. The van der Waals surface area contributed by atoms with Crippen LogP contribution >= 0.6 is 22.9 Å². The maximum atomic E-state index is 11.3. The first-order valence-corrected chi connectivity index (χ1v) is 6.87. The van der Waals surface area contributed by atoms with E-state index in [0.29, 0.717) is 16.1 Å². The molecule has 3 nitrogen and oxygen atoms in total. The molecule has 2 aromatic heterocycles. The number of aryl methyl sites for hydroxylation is 1. The molecule has 0 saturated heterocycles. The zero-order valence-corrected chi connectivity index (χ0v) is 11.6. The van der Waals surface area contributed by atoms with Crippen LogP contribution in [0.3, 0.4) is 0 Å². The van der Waals surface area contributed by atoms with Crippen LogP contribution in [0.15, 0.2) is 30.3 Å². The highest BCUT2D eigenvalue weighted by atomic mass is 35.5. The summed E-state index contributed by atoms with van der Waals surface area (Å²) >= 11 is 7.35. The van der Waals surface area contributed by atoms with Crippen molar-refractivity contribution in [2.24, 2.45) is 0 Å². The van der Waals surface area contributed by atoms with Crippen molar-refractivity contribution in [3.8, 4) is 11.3 Å². The van der Waals surface area contributed by atoms with Crippen LogP contribution in [-0.4, -0.2) is 16.1 Å². The minimum Gasteiger partial charge on any atom is -0.478 e. The van der Waals surface area contributed by atoms with E-state index in [1.54, 1.807) is 0 Å². The zero-order valence-electron chi connectivity index (χ0n) is 10.0. The summed E-state index contributed by atoms with van der Waals surface area (Å²) in [6.07, 6.45) is 0. The molecular formula is C14H10ClNO2S. The number of hydrogen-bond donors (Lipinski definition) is 2. The molecule has 1 aromatic carbocycles. The number of fused-ring (bicyclic) bond motifs is 1. The fraction of sp³-hybridized carbons (Fsp3) is 0.0714. The molecule has 2 heterocycles. The number of hydrogen-bond acceptors (Lipinski definition) is 2. The fourth-order valence-corrected chi connectivity index (χ4v) is 3.32. The molecule has 2 N–H and O–H groups in total. The average Bonchev–Trinajstić information content (AvgIpc) is 2.85. The Balaban J connectivity index is 2.17. The first kappa shape index (κ1) is 12.3. The van der Waals surface area contributed by atoms with E-state index >= 15 is 0 Å². The highest BCUT2D eigenvalue weighted by Crippen LogP contribution is 2.34. The van der Waals surface area contributed by atoms with Gasteiger partial charge in [-0.15, -0.1) is 11.3 Å². The molecule has 0 aliphatic heterocycles. The maximum absolute atomic E-state index is 11.3. The summed E-state index contributed by atoms with van der Waals surface area (Å²) in [5, 5.41) is 9.92. The molecule has 0 radical (unpaired) electrons. The van der Waals surface area contributed by atoms with Gasteiger partial charge in [-0.1, -0.05) is 23.7 Å². The SMILES string of the molecule is Cc1sc2cc(-c3ccc(Cl)cc3)[nH]c2c1C(=O)O. The van der Waals surface area contributed by atoms with E-state index < -0.39 is 5.97 Å². The third kappa shape index (κ3) is 2.03. The van der Waals surface area contributed by atoms with Gasteiger partial charge in [0.15, 0.2) is 0 Å².